The number of nitrogens with one attached hydrogen (secondary N) is 1. The zero-order chi connectivity index (χ0) is 9.26. The van der Waals surface area contributed by atoms with E-state index in [1.807, 2.05) is 6.07 Å². The molecule has 5 nitrogen and oxygen atoms in total. The molecule has 0 bridgehead atoms. The van der Waals surface area contributed by atoms with Gasteiger partial charge in [0.05, 0.1) is 0 Å². The molecular weight excluding hydrogens is 168 g/mol. The molecule has 1 N–H and O–H groups in total. The highest BCUT2D eigenvalue weighted by molar-refractivity contribution is 5.52. The molecule has 0 aliphatic heterocycles. The maximum atomic E-state index is 11.0. The monoisotopic (exact) mass is 176 g/mol. The fraction of sp³-hybridized carbons (Fsp3) is 0.125. The minimum absolute atomic E-state index is 0.223. The topological polar surface area (TPSA) is 63.6 Å². The standard InChI is InChI=1S/C8H8N4O/c1-12-7(10-11-8(12)13)6-3-2-4-9-5-6/h2-5H,1H3,(H,11,13). The molecule has 0 aliphatic rings. The van der Waals surface area contributed by atoms with Gasteiger partial charge in [0.2, 0.25) is 0 Å². The van der Waals surface area contributed by atoms with Gasteiger partial charge in [0, 0.05) is 25.0 Å². The van der Waals surface area contributed by atoms with Crippen LogP contribution < -0.4 is 5.69 Å². The normalized spacial score (nSPS) is 10.2. The van der Waals surface area contributed by atoms with Crippen molar-refractivity contribution >= 4 is 0 Å². The second-order valence-electron chi connectivity index (χ2n) is 2.65. The number of aromatic amines is 1. The Kier molecular flexibility index (Phi) is 1.70. The summed E-state index contributed by atoms with van der Waals surface area (Å²) in [5.41, 5.74) is 0.599. The quantitative estimate of drug-likeness (QED) is 0.673. The van der Waals surface area contributed by atoms with Crippen molar-refractivity contribution in [1.29, 1.82) is 0 Å². The van der Waals surface area contributed by atoms with Crippen LogP contribution in [0, 0.1) is 0 Å². The van der Waals surface area contributed by atoms with Crippen molar-refractivity contribution in [2.24, 2.45) is 7.05 Å². The van der Waals surface area contributed by atoms with Gasteiger partial charge in [-0.1, -0.05) is 0 Å². The molecule has 13 heavy (non-hydrogen) atoms. The van der Waals surface area contributed by atoms with Crippen LogP contribution in [-0.4, -0.2) is 19.7 Å². The van der Waals surface area contributed by atoms with E-state index in [2.05, 4.69) is 15.2 Å². The zero-order valence-electron chi connectivity index (χ0n) is 7.06. The summed E-state index contributed by atoms with van der Waals surface area (Å²) >= 11 is 0. The Morgan fingerprint density at radius 2 is 2.38 bits per heavy atom. The minimum atomic E-state index is -0.223. The third-order valence-electron chi connectivity index (χ3n) is 1.80. The van der Waals surface area contributed by atoms with Crippen LogP contribution in [0.15, 0.2) is 29.3 Å². The summed E-state index contributed by atoms with van der Waals surface area (Å²) in [4.78, 5) is 15.0. The Bertz CT molecular complexity index is 456. The van der Waals surface area contributed by atoms with Crippen LogP contribution in [0.1, 0.15) is 0 Å². The molecule has 0 fully saturated rings. The van der Waals surface area contributed by atoms with Gasteiger partial charge in [0.15, 0.2) is 5.82 Å². The number of hydrogen-bond donors (Lipinski definition) is 1. The maximum Gasteiger partial charge on any atom is 0.343 e. The highest BCUT2D eigenvalue weighted by atomic mass is 16.1. The smallest absolute Gasteiger partial charge is 0.278 e. The van der Waals surface area contributed by atoms with Crippen molar-refractivity contribution in [2.75, 3.05) is 0 Å². The third kappa shape index (κ3) is 1.24. The third-order valence-corrected chi connectivity index (χ3v) is 1.80. The van der Waals surface area contributed by atoms with Gasteiger partial charge < -0.3 is 0 Å². The van der Waals surface area contributed by atoms with Gasteiger partial charge >= 0.3 is 5.69 Å². The molecule has 5 heteroatoms. The molecule has 2 aromatic heterocycles. The van der Waals surface area contributed by atoms with E-state index in [0.29, 0.717) is 5.82 Å². The predicted molar refractivity (Wildman–Crippen MR) is 47.1 cm³/mol. The molecule has 0 aromatic carbocycles. The first-order valence-electron chi connectivity index (χ1n) is 3.81. The summed E-state index contributed by atoms with van der Waals surface area (Å²) in [6.45, 7) is 0. The van der Waals surface area contributed by atoms with Crippen LogP contribution in [0.2, 0.25) is 0 Å². The molecular formula is C8H8N4O. The van der Waals surface area contributed by atoms with E-state index in [1.54, 1.807) is 25.5 Å². The summed E-state index contributed by atoms with van der Waals surface area (Å²) in [7, 11) is 1.66. The highest BCUT2D eigenvalue weighted by Crippen LogP contribution is 2.10. The number of hydrogen-bond acceptors (Lipinski definition) is 3. The van der Waals surface area contributed by atoms with Gasteiger partial charge in [-0.2, -0.15) is 5.10 Å². The molecule has 0 aliphatic carbocycles. The van der Waals surface area contributed by atoms with Gasteiger partial charge in [-0.15, -0.1) is 0 Å². The van der Waals surface area contributed by atoms with Crippen LogP contribution in [-0.2, 0) is 7.05 Å². The second kappa shape index (κ2) is 2.85. The number of aromatic nitrogens is 4. The number of pyridine rings is 1. The Morgan fingerprint density at radius 1 is 1.54 bits per heavy atom. The van der Waals surface area contributed by atoms with Crippen molar-refractivity contribution in [3.63, 3.8) is 0 Å². The second-order valence-corrected chi connectivity index (χ2v) is 2.65. The molecule has 0 saturated carbocycles. The molecule has 2 rings (SSSR count). The molecule has 0 saturated heterocycles. The Hall–Kier alpha value is -1.91. The Balaban J connectivity index is 2.60. The van der Waals surface area contributed by atoms with Crippen LogP contribution in [0.25, 0.3) is 11.4 Å². The molecule has 0 unspecified atom stereocenters. The summed E-state index contributed by atoms with van der Waals surface area (Å²) in [5.74, 6) is 0.595. The average Bonchev–Trinajstić information content (AvgIpc) is 2.49. The van der Waals surface area contributed by atoms with Crippen molar-refractivity contribution in [1.82, 2.24) is 19.7 Å². The van der Waals surface area contributed by atoms with Crippen LogP contribution >= 0.6 is 0 Å². The largest absolute Gasteiger partial charge is 0.343 e. The fourth-order valence-electron chi connectivity index (χ4n) is 1.10. The molecule has 0 radical (unpaired) electrons. The van der Waals surface area contributed by atoms with Crippen LogP contribution in [0.5, 0.6) is 0 Å². The summed E-state index contributed by atoms with van der Waals surface area (Å²) in [6, 6.07) is 3.65. The number of H-pyrrole nitrogens is 1. The van der Waals surface area contributed by atoms with Gasteiger partial charge in [0.25, 0.3) is 0 Å². The van der Waals surface area contributed by atoms with E-state index in [-0.39, 0.29) is 5.69 Å². The predicted octanol–water partition coefficient (Wildman–Crippen LogP) is 0.170. The maximum absolute atomic E-state index is 11.0. The molecule has 0 amide bonds. The SMILES string of the molecule is Cn1c(-c2cccnc2)n[nH]c1=O. The number of nitrogens with zero attached hydrogens (tertiary/aromatic N) is 3. The number of rotatable bonds is 1. The van der Waals surface area contributed by atoms with E-state index in [4.69, 9.17) is 0 Å². The molecule has 0 spiro atoms. The lowest BCUT2D eigenvalue weighted by Crippen LogP contribution is -2.13. The summed E-state index contributed by atoms with van der Waals surface area (Å²) < 4.78 is 1.44. The molecule has 2 aromatic rings. The first-order chi connectivity index (χ1) is 6.29. The van der Waals surface area contributed by atoms with Gasteiger partial charge in [-0.25, -0.2) is 9.89 Å². The summed E-state index contributed by atoms with van der Waals surface area (Å²) in [5, 5.41) is 6.24. The summed E-state index contributed by atoms with van der Waals surface area (Å²) in [6.07, 6.45) is 3.34. The first-order valence-corrected chi connectivity index (χ1v) is 3.81. The lowest BCUT2D eigenvalue weighted by atomic mass is 10.3. The molecule has 2 heterocycles. The Labute approximate surface area is 74.1 Å². The van der Waals surface area contributed by atoms with Crippen molar-refractivity contribution in [3.8, 4) is 11.4 Å². The molecule has 66 valence electrons. The first kappa shape index (κ1) is 7.72. The van der Waals surface area contributed by atoms with Crippen LogP contribution in [0.3, 0.4) is 0 Å². The van der Waals surface area contributed by atoms with Crippen LogP contribution in [0.4, 0.5) is 0 Å². The minimum Gasteiger partial charge on any atom is -0.278 e. The van der Waals surface area contributed by atoms with Gasteiger partial charge in [0.1, 0.15) is 0 Å². The zero-order valence-corrected chi connectivity index (χ0v) is 7.06. The van der Waals surface area contributed by atoms with E-state index >= 15 is 0 Å². The van der Waals surface area contributed by atoms with Crippen molar-refractivity contribution < 1.29 is 0 Å². The van der Waals surface area contributed by atoms with Gasteiger partial charge in [-0.3, -0.25) is 9.55 Å². The van der Waals surface area contributed by atoms with E-state index in [0.717, 1.165) is 5.56 Å². The van der Waals surface area contributed by atoms with E-state index in [9.17, 15) is 4.79 Å². The lowest BCUT2D eigenvalue weighted by molar-refractivity contribution is 0.869. The molecule has 0 atom stereocenters. The highest BCUT2D eigenvalue weighted by Gasteiger charge is 2.05. The Morgan fingerprint density at radius 3 is 2.92 bits per heavy atom. The van der Waals surface area contributed by atoms with E-state index in [1.165, 1.54) is 4.57 Å². The fourth-order valence-corrected chi connectivity index (χ4v) is 1.10. The average molecular weight is 176 g/mol. The van der Waals surface area contributed by atoms with Crippen molar-refractivity contribution in [2.45, 2.75) is 0 Å². The lowest BCUT2D eigenvalue weighted by Gasteiger charge is -1.96. The van der Waals surface area contributed by atoms with Crippen molar-refractivity contribution in [3.05, 3.63) is 35.0 Å². The van der Waals surface area contributed by atoms with E-state index < -0.39 is 0 Å². The van der Waals surface area contributed by atoms with Gasteiger partial charge in [-0.05, 0) is 12.1 Å².